The van der Waals surface area contributed by atoms with Crippen molar-refractivity contribution in [2.45, 2.75) is 26.1 Å². The van der Waals surface area contributed by atoms with Gasteiger partial charge in [-0.3, -0.25) is 9.36 Å². The highest BCUT2D eigenvalue weighted by Gasteiger charge is 2.31. The molecule has 31 heavy (non-hydrogen) atoms. The Bertz CT molecular complexity index is 1270. The van der Waals surface area contributed by atoms with E-state index < -0.39 is 11.7 Å². The van der Waals surface area contributed by atoms with Crippen LogP contribution >= 0.6 is 11.6 Å². The van der Waals surface area contributed by atoms with Crippen molar-refractivity contribution in [3.05, 3.63) is 62.7 Å². The van der Waals surface area contributed by atoms with Crippen molar-refractivity contribution in [2.24, 2.45) is 0 Å². The largest absolute Gasteiger partial charge is 0.491 e. The van der Waals surface area contributed by atoms with E-state index >= 15 is 0 Å². The molecule has 0 N–H and O–H groups in total. The summed E-state index contributed by atoms with van der Waals surface area (Å²) >= 11 is 6.31. The summed E-state index contributed by atoms with van der Waals surface area (Å²) in [7, 11) is 1.49. The van der Waals surface area contributed by atoms with E-state index in [1.807, 2.05) is 6.92 Å². The number of fused-ring (bicyclic) bond motifs is 2. The van der Waals surface area contributed by atoms with Crippen LogP contribution in [-0.4, -0.2) is 23.3 Å². The van der Waals surface area contributed by atoms with Crippen LogP contribution in [0.4, 0.5) is 13.2 Å². The number of hydrogen-bond acceptors (Lipinski definition) is 4. The Balaban J connectivity index is 1.84. The van der Waals surface area contributed by atoms with Crippen LogP contribution < -0.4 is 15.0 Å². The van der Waals surface area contributed by atoms with Crippen LogP contribution in [0.15, 0.2) is 35.1 Å². The summed E-state index contributed by atoms with van der Waals surface area (Å²) in [6.07, 6.45) is -2.20. The Kier molecular flexibility index (Phi) is 5.43. The standard InChI is InChI=1S/C22H18ClF3N2O3/c1-3-31-18-10-12(9-16(23)19(18)30-2)8-13-6-7-28-20(13)27-17-11-14(22(24,25)26)4-5-15(17)21(28)29/h4-5,8-11H,3,6-7H2,1-2H3/b13-8+. The molecule has 2 heterocycles. The van der Waals surface area contributed by atoms with Gasteiger partial charge in [0.15, 0.2) is 11.5 Å². The summed E-state index contributed by atoms with van der Waals surface area (Å²) in [5.41, 5.74) is 0.237. The van der Waals surface area contributed by atoms with Crippen molar-refractivity contribution in [1.82, 2.24) is 9.55 Å². The number of benzene rings is 2. The highest BCUT2D eigenvalue weighted by Crippen LogP contribution is 2.38. The molecule has 0 bridgehead atoms. The molecule has 3 aromatic rings. The molecule has 0 saturated carbocycles. The summed E-state index contributed by atoms with van der Waals surface area (Å²) < 4.78 is 51.6. The van der Waals surface area contributed by atoms with Crippen LogP contribution in [0.5, 0.6) is 11.5 Å². The monoisotopic (exact) mass is 450 g/mol. The van der Waals surface area contributed by atoms with Gasteiger partial charge < -0.3 is 9.47 Å². The molecule has 9 heteroatoms. The Hall–Kier alpha value is -3.00. The van der Waals surface area contributed by atoms with Gasteiger partial charge in [0.05, 0.1) is 35.2 Å². The third kappa shape index (κ3) is 3.87. The first kappa shape index (κ1) is 21.2. The molecule has 5 nitrogen and oxygen atoms in total. The van der Waals surface area contributed by atoms with E-state index in [0.29, 0.717) is 47.5 Å². The molecule has 0 fully saturated rings. The van der Waals surface area contributed by atoms with Gasteiger partial charge in [-0.2, -0.15) is 13.2 Å². The molecule has 0 unspecified atom stereocenters. The predicted octanol–water partition coefficient (Wildman–Crippen LogP) is 5.42. The smallest absolute Gasteiger partial charge is 0.416 e. The van der Waals surface area contributed by atoms with Crippen LogP contribution in [0.3, 0.4) is 0 Å². The van der Waals surface area contributed by atoms with Gasteiger partial charge in [-0.15, -0.1) is 0 Å². The van der Waals surface area contributed by atoms with E-state index in [0.717, 1.165) is 17.7 Å². The zero-order chi connectivity index (χ0) is 22.3. The minimum Gasteiger partial charge on any atom is -0.491 e. The van der Waals surface area contributed by atoms with Crippen LogP contribution in [0.25, 0.3) is 22.6 Å². The molecular formula is C22H18ClF3N2O3. The first-order chi connectivity index (χ1) is 14.7. The second kappa shape index (κ2) is 7.92. The second-order valence-corrected chi connectivity index (χ2v) is 7.42. The van der Waals surface area contributed by atoms with Gasteiger partial charge in [-0.05, 0) is 60.9 Å². The molecule has 2 aromatic carbocycles. The third-order valence-corrected chi connectivity index (χ3v) is 5.33. The zero-order valence-corrected chi connectivity index (χ0v) is 17.5. The van der Waals surface area contributed by atoms with Crippen LogP contribution in [0.1, 0.15) is 30.3 Å². The molecule has 0 aliphatic carbocycles. The van der Waals surface area contributed by atoms with E-state index in [9.17, 15) is 18.0 Å². The summed E-state index contributed by atoms with van der Waals surface area (Å²) in [6.45, 7) is 2.65. The van der Waals surface area contributed by atoms with Gasteiger partial charge >= 0.3 is 6.18 Å². The molecule has 0 amide bonds. The number of ether oxygens (including phenoxy) is 2. The van der Waals surface area contributed by atoms with Crippen molar-refractivity contribution in [1.29, 1.82) is 0 Å². The topological polar surface area (TPSA) is 53.4 Å². The summed E-state index contributed by atoms with van der Waals surface area (Å²) in [4.78, 5) is 17.2. The Morgan fingerprint density at radius 3 is 2.71 bits per heavy atom. The number of halogens is 4. The second-order valence-electron chi connectivity index (χ2n) is 7.01. The maximum Gasteiger partial charge on any atom is 0.416 e. The fourth-order valence-electron chi connectivity index (χ4n) is 3.66. The third-order valence-electron chi connectivity index (χ3n) is 5.05. The van der Waals surface area contributed by atoms with E-state index in [1.165, 1.54) is 17.7 Å². The Labute approximate surface area is 180 Å². The molecule has 1 aromatic heterocycles. The number of methoxy groups -OCH3 is 1. The lowest BCUT2D eigenvalue weighted by Gasteiger charge is -2.12. The number of alkyl halides is 3. The van der Waals surface area contributed by atoms with Crippen molar-refractivity contribution in [3.8, 4) is 11.5 Å². The fourth-order valence-corrected chi connectivity index (χ4v) is 3.96. The zero-order valence-electron chi connectivity index (χ0n) is 16.7. The normalized spacial score (nSPS) is 14.8. The Morgan fingerprint density at radius 2 is 2.03 bits per heavy atom. The van der Waals surface area contributed by atoms with Gasteiger partial charge in [0.25, 0.3) is 5.56 Å². The van der Waals surface area contributed by atoms with E-state index in [4.69, 9.17) is 21.1 Å². The number of aromatic nitrogens is 2. The van der Waals surface area contributed by atoms with Crippen LogP contribution in [0.2, 0.25) is 5.02 Å². The van der Waals surface area contributed by atoms with Crippen molar-refractivity contribution in [3.63, 3.8) is 0 Å². The molecular weight excluding hydrogens is 433 g/mol. The summed E-state index contributed by atoms with van der Waals surface area (Å²) in [5.74, 6) is 1.24. The highest BCUT2D eigenvalue weighted by atomic mass is 35.5. The molecule has 162 valence electrons. The molecule has 0 atom stereocenters. The molecule has 0 spiro atoms. The molecule has 0 saturated heterocycles. The number of nitrogens with zero attached hydrogens (tertiary/aromatic N) is 2. The van der Waals surface area contributed by atoms with Gasteiger partial charge in [0, 0.05) is 6.54 Å². The highest BCUT2D eigenvalue weighted by molar-refractivity contribution is 6.32. The first-order valence-corrected chi connectivity index (χ1v) is 9.93. The molecule has 4 rings (SSSR count). The minimum atomic E-state index is -4.51. The quantitative estimate of drug-likeness (QED) is 0.532. The van der Waals surface area contributed by atoms with Gasteiger partial charge in [0.2, 0.25) is 0 Å². The average molecular weight is 451 g/mol. The van der Waals surface area contributed by atoms with Crippen molar-refractivity contribution in [2.75, 3.05) is 13.7 Å². The molecule has 1 aliphatic heterocycles. The SMILES string of the molecule is CCOc1cc(/C=C2\CCn3c2nc2cc(C(F)(F)F)ccc2c3=O)cc(Cl)c1OC. The lowest BCUT2D eigenvalue weighted by molar-refractivity contribution is -0.137. The van der Waals surface area contributed by atoms with Crippen molar-refractivity contribution < 1.29 is 22.6 Å². The number of rotatable bonds is 4. The lowest BCUT2D eigenvalue weighted by Crippen LogP contribution is -2.21. The number of hydrogen-bond donors (Lipinski definition) is 0. The molecule has 1 aliphatic rings. The van der Waals surface area contributed by atoms with Crippen LogP contribution in [-0.2, 0) is 12.7 Å². The van der Waals surface area contributed by atoms with E-state index in [-0.39, 0.29) is 16.5 Å². The minimum absolute atomic E-state index is 0.0154. The maximum atomic E-state index is 13.1. The van der Waals surface area contributed by atoms with Crippen molar-refractivity contribution >= 4 is 34.2 Å². The number of allylic oxidation sites excluding steroid dienone is 1. The lowest BCUT2D eigenvalue weighted by atomic mass is 10.1. The Morgan fingerprint density at radius 1 is 1.26 bits per heavy atom. The van der Waals surface area contributed by atoms with Crippen LogP contribution in [0, 0.1) is 0 Å². The average Bonchev–Trinajstić information content (AvgIpc) is 3.10. The predicted molar refractivity (Wildman–Crippen MR) is 113 cm³/mol. The van der Waals surface area contributed by atoms with Gasteiger partial charge in [-0.25, -0.2) is 4.98 Å². The maximum absolute atomic E-state index is 13.1. The van der Waals surface area contributed by atoms with Gasteiger partial charge in [-0.1, -0.05) is 11.6 Å². The first-order valence-electron chi connectivity index (χ1n) is 9.56. The fraction of sp³-hybridized carbons (Fsp3) is 0.273. The molecule has 0 radical (unpaired) electrons. The summed E-state index contributed by atoms with van der Waals surface area (Å²) in [6, 6.07) is 6.44. The van der Waals surface area contributed by atoms with Gasteiger partial charge in [0.1, 0.15) is 5.82 Å². The van der Waals surface area contributed by atoms with E-state index in [2.05, 4.69) is 4.98 Å². The summed E-state index contributed by atoms with van der Waals surface area (Å²) in [5, 5.41) is 0.515. The van der Waals surface area contributed by atoms with E-state index in [1.54, 1.807) is 18.2 Å².